The van der Waals surface area contributed by atoms with Gasteiger partial charge >= 0.3 is 0 Å². The van der Waals surface area contributed by atoms with Crippen molar-refractivity contribution in [3.05, 3.63) is 92.3 Å². The quantitative estimate of drug-likeness (QED) is 0.0454. The number of rotatable bonds is 30. The Labute approximate surface area is 500 Å². The highest BCUT2D eigenvalue weighted by atomic mass is 32.1. The van der Waals surface area contributed by atoms with Crippen LogP contribution in [0.25, 0.3) is 109 Å². The van der Waals surface area contributed by atoms with Crippen LogP contribution in [0, 0.1) is 23.7 Å². The van der Waals surface area contributed by atoms with Crippen LogP contribution in [-0.2, 0) is 25.7 Å². The van der Waals surface area contributed by atoms with Crippen LogP contribution in [0.4, 0.5) is 0 Å². The lowest BCUT2D eigenvalue weighted by Crippen LogP contribution is -2.01. The van der Waals surface area contributed by atoms with Crippen molar-refractivity contribution >= 4 is 89.5 Å². The Morgan fingerprint density at radius 1 is 0.354 bits per heavy atom. The van der Waals surface area contributed by atoms with E-state index in [1.807, 2.05) is 45.3 Å². The first-order chi connectivity index (χ1) is 40.3. The molecule has 0 amide bonds. The molecule has 0 aliphatic heterocycles. The third kappa shape index (κ3) is 12.2. The maximum Gasteiger partial charge on any atom is 0.146 e. The minimum absolute atomic E-state index is 0.663. The summed E-state index contributed by atoms with van der Waals surface area (Å²) in [5.74, 6) is 4.23. The molecule has 430 valence electrons. The molecule has 11 aromatic rings. The van der Waals surface area contributed by atoms with Gasteiger partial charge in [-0.1, -0.05) is 182 Å². The molecule has 3 aromatic carbocycles. The van der Waals surface area contributed by atoms with Crippen molar-refractivity contribution in [2.75, 3.05) is 0 Å². The van der Waals surface area contributed by atoms with Crippen LogP contribution in [0.1, 0.15) is 178 Å². The molecular weight excluding hydrogens is 1090 g/mol. The molecule has 8 aromatic heterocycles. The third-order valence-corrected chi connectivity index (χ3v) is 22.0. The van der Waals surface area contributed by atoms with Gasteiger partial charge in [0, 0.05) is 61.3 Å². The van der Waals surface area contributed by atoms with Gasteiger partial charge in [0.25, 0.3) is 0 Å². The highest BCUT2D eigenvalue weighted by molar-refractivity contribution is 7.17. The van der Waals surface area contributed by atoms with Gasteiger partial charge in [-0.2, -0.15) is 0 Å². The fourth-order valence-electron chi connectivity index (χ4n) is 12.4. The van der Waals surface area contributed by atoms with Gasteiger partial charge in [-0.3, -0.25) is 0 Å². The molecule has 14 heteroatoms. The number of nitrogens with zero attached hydrogens (tertiary/aromatic N) is 6. The van der Waals surface area contributed by atoms with Crippen molar-refractivity contribution in [3.8, 4) is 64.5 Å². The maximum absolute atomic E-state index is 5.68. The first-order valence-electron chi connectivity index (χ1n) is 31.1. The van der Waals surface area contributed by atoms with Gasteiger partial charge in [0.05, 0.1) is 22.2 Å². The van der Waals surface area contributed by atoms with Gasteiger partial charge < -0.3 is 9.97 Å². The zero-order valence-electron chi connectivity index (χ0n) is 49.5. The number of aromatic nitrogens is 8. The van der Waals surface area contributed by atoms with E-state index in [0.717, 1.165) is 134 Å². The van der Waals surface area contributed by atoms with E-state index in [0.29, 0.717) is 23.7 Å². The third-order valence-electron chi connectivity index (χ3n) is 17.5. The van der Waals surface area contributed by atoms with Crippen LogP contribution in [0.3, 0.4) is 0 Å². The van der Waals surface area contributed by atoms with Crippen LogP contribution in [0.2, 0.25) is 0 Å². The molecule has 82 heavy (non-hydrogen) atoms. The Bertz CT molecular complexity index is 3380. The van der Waals surface area contributed by atoms with Crippen molar-refractivity contribution in [1.82, 2.24) is 40.6 Å². The van der Waals surface area contributed by atoms with Gasteiger partial charge in [-0.15, -0.1) is 45.3 Å². The molecule has 8 heterocycles. The fourth-order valence-corrected chi connectivity index (χ4v) is 17.1. The molecule has 0 saturated heterocycles. The lowest BCUT2D eigenvalue weighted by molar-refractivity contribution is 0.315. The standard InChI is InChI=1S/C68H82N8O2S4/c1-9-17-21-41(13-5)37-47-29-33-51(79-47)55-59-60(56(64-63(55)73-77-74-64)52-34-30-48(80-52)38-42(14-6)22-18-10-2)70-67(69-59)45-25-27-46(28-26-45)68-71-61-57(53-35-31-49(81-53)39-43(15-7)23-19-11-3)65-66(76-78-75-65)58(62(61)72-68)54-36-32-50(82-54)40-44(16-8)24-20-12-4/h25-36,41-44H,9-24,37-40H2,1-8H3,(H,69,70)(H,71,72). The average molecular weight is 1170 g/mol. The second-order valence-electron chi connectivity index (χ2n) is 23.2. The molecule has 0 aliphatic rings. The van der Waals surface area contributed by atoms with Crippen molar-refractivity contribution in [1.29, 1.82) is 0 Å². The summed E-state index contributed by atoms with van der Waals surface area (Å²) in [5, 5.41) is 18.7. The Balaban J connectivity index is 1.01. The first-order valence-corrected chi connectivity index (χ1v) is 34.4. The number of imidazole rings is 2. The number of thiophene rings is 4. The summed E-state index contributed by atoms with van der Waals surface area (Å²) in [6.45, 7) is 18.5. The van der Waals surface area contributed by atoms with Crippen LogP contribution in [-0.4, -0.2) is 40.6 Å². The summed E-state index contributed by atoms with van der Waals surface area (Å²) in [6, 6.07) is 27.0. The summed E-state index contributed by atoms with van der Waals surface area (Å²) < 4.78 is 11.4. The van der Waals surface area contributed by atoms with E-state index in [2.05, 4.69) is 159 Å². The largest absolute Gasteiger partial charge is 0.337 e. The second-order valence-corrected chi connectivity index (χ2v) is 27.8. The van der Waals surface area contributed by atoms with Crippen LogP contribution >= 0.6 is 45.3 Å². The zero-order valence-corrected chi connectivity index (χ0v) is 52.8. The topological polar surface area (TPSA) is 135 Å². The molecular formula is C68H82N8O2S4. The van der Waals surface area contributed by atoms with Crippen LogP contribution in [0.5, 0.6) is 0 Å². The summed E-state index contributed by atoms with van der Waals surface area (Å²) in [4.78, 5) is 29.0. The molecule has 0 bridgehead atoms. The number of hydrogen-bond acceptors (Lipinski definition) is 12. The van der Waals surface area contributed by atoms with Gasteiger partial charge in [-0.25, -0.2) is 19.2 Å². The summed E-state index contributed by atoms with van der Waals surface area (Å²) in [7, 11) is 0. The molecule has 0 saturated carbocycles. The van der Waals surface area contributed by atoms with Gasteiger partial charge in [0.2, 0.25) is 0 Å². The molecule has 4 unspecified atom stereocenters. The normalized spacial score (nSPS) is 13.7. The lowest BCUT2D eigenvalue weighted by Gasteiger charge is -2.13. The van der Waals surface area contributed by atoms with Gasteiger partial charge in [0.15, 0.2) is 0 Å². The molecule has 2 N–H and O–H groups in total. The molecule has 0 spiro atoms. The van der Waals surface area contributed by atoms with Crippen molar-refractivity contribution in [3.63, 3.8) is 0 Å². The van der Waals surface area contributed by atoms with Crippen molar-refractivity contribution in [2.24, 2.45) is 23.7 Å². The highest BCUT2D eigenvalue weighted by Gasteiger charge is 2.29. The van der Waals surface area contributed by atoms with E-state index in [1.165, 1.54) is 122 Å². The Kier molecular flexibility index (Phi) is 19.0. The van der Waals surface area contributed by atoms with E-state index in [1.54, 1.807) is 0 Å². The van der Waals surface area contributed by atoms with E-state index in [4.69, 9.17) is 19.2 Å². The van der Waals surface area contributed by atoms with Crippen LogP contribution < -0.4 is 0 Å². The first kappa shape index (κ1) is 58.0. The Morgan fingerprint density at radius 2 is 0.634 bits per heavy atom. The lowest BCUT2D eigenvalue weighted by atomic mass is 9.95. The average Bonchev–Trinajstić information content (AvgIpc) is 2.87. The smallest absolute Gasteiger partial charge is 0.146 e. The molecule has 0 fully saturated rings. The molecule has 10 nitrogen and oxygen atoms in total. The van der Waals surface area contributed by atoms with E-state index in [-0.39, 0.29) is 0 Å². The van der Waals surface area contributed by atoms with E-state index >= 15 is 0 Å². The number of nitrogens with one attached hydrogen (secondary N) is 2. The summed E-state index contributed by atoms with van der Waals surface area (Å²) in [6.07, 6.45) is 24.0. The SMILES string of the molecule is CCCCC(CC)Cc1ccc(-c2c3nonc3c(-c3ccc(CC(CC)CCCC)s3)c3[nH]c(-c4ccc(-c5nc6c(-c7ccc(CC(CC)CCCC)s7)c7nonc7c(-c7ccc(CC(CC)CCCC)s7)c6[nH]5)cc4)nc23)s1. The number of fused-ring (bicyclic) bond motifs is 4. The fraction of sp³-hybridized carbons (Fsp3) is 0.471. The van der Waals surface area contributed by atoms with E-state index in [9.17, 15) is 0 Å². The molecule has 11 rings (SSSR count). The second kappa shape index (κ2) is 26.8. The zero-order chi connectivity index (χ0) is 56.7. The number of aromatic amines is 2. The Hall–Kier alpha value is -5.80. The van der Waals surface area contributed by atoms with E-state index < -0.39 is 0 Å². The Morgan fingerprint density at radius 3 is 0.915 bits per heavy atom. The molecule has 4 atom stereocenters. The minimum Gasteiger partial charge on any atom is -0.337 e. The van der Waals surface area contributed by atoms with Crippen molar-refractivity contribution in [2.45, 2.75) is 184 Å². The number of H-pyrrole nitrogens is 2. The molecule has 0 aliphatic carbocycles. The van der Waals surface area contributed by atoms with Gasteiger partial charge in [-0.05, 0) is 119 Å². The number of benzene rings is 3. The summed E-state index contributed by atoms with van der Waals surface area (Å²) >= 11 is 7.43. The van der Waals surface area contributed by atoms with Crippen molar-refractivity contribution < 1.29 is 9.26 Å². The summed E-state index contributed by atoms with van der Waals surface area (Å²) in [5.41, 5.74) is 12.6. The monoisotopic (exact) mass is 1170 g/mol. The highest BCUT2D eigenvalue weighted by Crippen LogP contribution is 2.49. The maximum atomic E-state index is 5.68. The predicted molar refractivity (Wildman–Crippen MR) is 349 cm³/mol. The number of unbranched alkanes of at least 4 members (excludes halogenated alkanes) is 4. The van der Waals surface area contributed by atoms with Crippen LogP contribution in [0.15, 0.2) is 82.1 Å². The molecule has 0 radical (unpaired) electrons. The predicted octanol–water partition coefficient (Wildman–Crippen LogP) is 21.8. The number of hydrogen-bond donors (Lipinski definition) is 2. The minimum atomic E-state index is 0.663. The van der Waals surface area contributed by atoms with Gasteiger partial charge in [0.1, 0.15) is 44.7 Å².